The minimum atomic E-state index is 0.846. The lowest BCUT2D eigenvalue weighted by molar-refractivity contribution is 0.857. The summed E-state index contributed by atoms with van der Waals surface area (Å²) in [5.41, 5.74) is 4.25. The minimum Gasteiger partial charge on any atom is -0.278 e. The highest BCUT2D eigenvalue weighted by atomic mass is 79.9. The Morgan fingerprint density at radius 3 is 3.36 bits per heavy atom. The molecule has 0 spiro atoms. The third-order valence-electron chi connectivity index (χ3n) is 3.58. The lowest BCUT2D eigenvalue weighted by Crippen LogP contribution is -1.88. The van der Waals surface area contributed by atoms with Crippen molar-refractivity contribution in [2.75, 3.05) is 0 Å². The molecule has 1 fully saturated rings. The van der Waals surface area contributed by atoms with E-state index in [1.54, 1.807) is 5.56 Å². The van der Waals surface area contributed by atoms with Crippen molar-refractivity contribution in [2.45, 2.75) is 18.8 Å². The molecule has 1 aromatic heterocycles. The van der Waals surface area contributed by atoms with E-state index in [0.717, 1.165) is 17.4 Å². The van der Waals surface area contributed by atoms with Crippen molar-refractivity contribution in [3.63, 3.8) is 0 Å². The van der Waals surface area contributed by atoms with E-state index in [4.69, 9.17) is 0 Å². The number of aromatic amines is 1. The smallest absolute Gasteiger partial charge is 0.0664 e. The maximum Gasteiger partial charge on any atom is 0.0664 e. The lowest BCUT2D eigenvalue weighted by atomic mass is 10.0. The molecule has 2 aliphatic rings. The van der Waals surface area contributed by atoms with Crippen LogP contribution in [0.15, 0.2) is 16.7 Å². The molecular formula is C11H9BrN2. The fourth-order valence-electron chi connectivity index (χ4n) is 2.80. The Hall–Kier alpha value is -0.830. The number of H-pyrrole nitrogens is 1. The summed E-state index contributed by atoms with van der Waals surface area (Å²) in [6.45, 7) is 0. The number of hydrogen-bond donors (Lipinski definition) is 1. The second kappa shape index (κ2) is 2.22. The first kappa shape index (κ1) is 7.46. The van der Waals surface area contributed by atoms with Crippen LogP contribution < -0.4 is 0 Å². The van der Waals surface area contributed by atoms with E-state index in [2.05, 4.69) is 32.2 Å². The van der Waals surface area contributed by atoms with Gasteiger partial charge in [-0.05, 0) is 57.8 Å². The van der Waals surface area contributed by atoms with Gasteiger partial charge in [0.25, 0.3) is 0 Å². The number of aromatic nitrogens is 2. The van der Waals surface area contributed by atoms with Gasteiger partial charge in [0.1, 0.15) is 0 Å². The Labute approximate surface area is 89.8 Å². The van der Waals surface area contributed by atoms with Crippen LogP contribution in [0.2, 0.25) is 0 Å². The summed E-state index contributed by atoms with van der Waals surface area (Å²) in [5, 5.41) is 8.36. The van der Waals surface area contributed by atoms with Crippen LogP contribution in [0.1, 0.15) is 23.5 Å². The van der Waals surface area contributed by atoms with Gasteiger partial charge in [0.2, 0.25) is 0 Å². The van der Waals surface area contributed by atoms with Gasteiger partial charge in [-0.25, -0.2) is 0 Å². The van der Waals surface area contributed by atoms with Crippen molar-refractivity contribution in [3.8, 4) is 0 Å². The molecule has 1 heterocycles. The second-order valence-electron chi connectivity index (χ2n) is 4.40. The number of halogens is 1. The predicted octanol–water partition coefficient (Wildman–Crippen LogP) is 2.99. The molecule has 14 heavy (non-hydrogen) atoms. The summed E-state index contributed by atoms with van der Waals surface area (Å²) < 4.78 is 1.28. The van der Waals surface area contributed by atoms with Gasteiger partial charge in [-0.15, -0.1) is 0 Å². The molecule has 2 aliphatic carbocycles. The molecule has 0 radical (unpaired) electrons. The van der Waals surface area contributed by atoms with Crippen LogP contribution in [0.3, 0.4) is 0 Å². The van der Waals surface area contributed by atoms with Crippen LogP contribution in [-0.4, -0.2) is 10.2 Å². The van der Waals surface area contributed by atoms with E-state index in [0.29, 0.717) is 0 Å². The Balaban J connectivity index is 2.15. The summed E-state index contributed by atoms with van der Waals surface area (Å²) >= 11 is 3.72. The van der Waals surface area contributed by atoms with Crippen LogP contribution in [0.5, 0.6) is 0 Å². The molecule has 1 saturated carbocycles. The third kappa shape index (κ3) is 0.753. The second-order valence-corrected chi connectivity index (χ2v) is 5.19. The molecule has 1 aromatic carbocycles. The van der Waals surface area contributed by atoms with Gasteiger partial charge in [0.05, 0.1) is 11.7 Å². The molecule has 0 saturated heterocycles. The first-order valence-corrected chi connectivity index (χ1v) is 5.78. The maximum atomic E-state index is 4.09. The molecule has 2 aromatic rings. The summed E-state index contributed by atoms with van der Waals surface area (Å²) in [5.74, 6) is 1.79. The topological polar surface area (TPSA) is 28.7 Å². The normalized spacial score (nSPS) is 27.8. The van der Waals surface area contributed by atoms with Gasteiger partial charge in [0.15, 0.2) is 0 Å². The van der Waals surface area contributed by atoms with Gasteiger partial charge in [-0.1, -0.05) is 0 Å². The van der Waals surface area contributed by atoms with Crippen molar-refractivity contribution in [1.29, 1.82) is 0 Å². The first-order chi connectivity index (χ1) is 6.84. The molecule has 2 nitrogen and oxygen atoms in total. The van der Waals surface area contributed by atoms with E-state index in [1.807, 2.05) is 6.20 Å². The van der Waals surface area contributed by atoms with Crippen molar-refractivity contribution in [1.82, 2.24) is 10.2 Å². The monoisotopic (exact) mass is 248 g/mol. The van der Waals surface area contributed by atoms with E-state index in [-0.39, 0.29) is 0 Å². The molecule has 4 rings (SSSR count). The number of benzene rings is 1. The molecule has 0 amide bonds. The van der Waals surface area contributed by atoms with Crippen LogP contribution in [-0.2, 0) is 6.42 Å². The molecule has 0 bridgehead atoms. The standard InChI is InChI=1S/C11H9BrN2/c12-11-8-4-13-14-9(8)3-6-1-5-2-7(5)10(6)11/h3-5,7H,1-2H2,(H,13,14). The van der Waals surface area contributed by atoms with Crippen LogP contribution >= 0.6 is 15.9 Å². The van der Waals surface area contributed by atoms with Crippen molar-refractivity contribution in [3.05, 3.63) is 27.9 Å². The van der Waals surface area contributed by atoms with Gasteiger partial charge >= 0.3 is 0 Å². The molecule has 2 unspecified atom stereocenters. The fraction of sp³-hybridized carbons (Fsp3) is 0.364. The zero-order valence-electron chi connectivity index (χ0n) is 7.55. The Kier molecular flexibility index (Phi) is 1.18. The van der Waals surface area contributed by atoms with Crippen LogP contribution in [0.25, 0.3) is 10.9 Å². The minimum absolute atomic E-state index is 0.846. The van der Waals surface area contributed by atoms with Gasteiger partial charge in [-0.3, -0.25) is 5.10 Å². The summed E-state index contributed by atoms with van der Waals surface area (Å²) in [4.78, 5) is 0. The molecule has 3 heteroatoms. The van der Waals surface area contributed by atoms with Crippen LogP contribution in [0.4, 0.5) is 0 Å². The number of nitrogens with zero attached hydrogens (tertiary/aromatic N) is 1. The van der Waals surface area contributed by atoms with E-state index in [1.165, 1.54) is 28.3 Å². The number of nitrogens with one attached hydrogen (secondary N) is 1. The fourth-order valence-corrected chi connectivity index (χ4v) is 3.66. The maximum absolute atomic E-state index is 4.09. The molecule has 70 valence electrons. The highest BCUT2D eigenvalue weighted by molar-refractivity contribution is 9.10. The number of hydrogen-bond acceptors (Lipinski definition) is 1. The third-order valence-corrected chi connectivity index (χ3v) is 4.44. The quantitative estimate of drug-likeness (QED) is 0.763. The average Bonchev–Trinajstić information content (AvgIpc) is 2.62. The Morgan fingerprint density at radius 1 is 1.50 bits per heavy atom. The average molecular weight is 249 g/mol. The van der Waals surface area contributed by atoms with Crippen molar-refractivity contribution in [2.24, 2.45) is 5.92 Å². The summed E-state index contributed by atoms with van der Waals surface area (Å²) in [6, 6.07) is 2.27. The van der Waals surface area contributed by atoms with Gasteiger partial charge in [-0.2, -0.15) is 5.10 Å². The van der Waals surface area contributed by atoms with Gasteiger partial charge < -0.3 is 0 Å². The zero-order chi connectivity index (χ0) is 9.28. The van der Waals surface area contributed by atoms with E-state index < -0.39 is 0 Å². The lowest BCUT2D eigenvalue weighted by Gasteiger charge is -2.06. The Morgan fingerprint density at radius 2 is 2.43 bits per heavy atom. The Bertz CT molecular complexity index is 543. The SMILES string of the molecule is Brc1c2c(cc3[nH]ncc13)CC1CC21. The highest BCUT2D eigenvalue weighted by Gasteiger charge is 2.46. The first-order valence-electron chi connectivity index (χ1n) is 4.99. The largest absolute Gasteiger partial charge is 0.278 e. The van der Waals surface area contributed by atoms with Crippen molar-refractivity contribution >= 4 is 26.8 Å². The summed E-state index contributed by atoms with van der Waals surface area (Å²) in [6.07, 6.45) is 4.58. The molecule has 1 N–H and O–H groups in total. The predicted molar refractivity (Wildman–Crippen MR) is 58.3 cm³/mol. The molecule has 2 atom stereocenters. The van der Waals surface area contributed by atoms with Crippen LogP contribution in [0, 0.1) is 5.92 Å². The molecular weight excluding hydrogens is 240 g/mol. The summed E-state index contributed by atoms with van der Waals surface area (Å²) in [7, 11) is 0. The number of fused-ring (bicyclic) bond motifs is 4. The highest BCUT2D eigenvalue weighted by Crippen LogP contribution is 2.59. The zero-order valence-corrected chi connectivity index (χ0v) is 9.13. The number of rotatable bonds is 0. The van der Waals surface area contributed by atoms with E-state index in [9.17, 15) is 0 Å². The molecule has 0 aliphatic heterocycles. The van der Waals surface area contributed by atoms with E-state index >= 15 is 0 Å². The van der Waals surface area contributed by atoms with Gasteiger partial charge in [0, 0.05) is 9.86 Å². The van der Waals surface area contributed by atoms with Crippen molar-refractivity contribution < 1.29 is 0 Å².